The lowest BCUT2D eigenvalue weighted by Gasteiger charge is -2.09. The Balaban J connectivity index is 1.53. The summed E-state index contributed by atoms with van der Waals surface area (Å²) in [6, 6.07) is 6.97. The van der Waals surface area contributed by atoms with Crippen LogP contribution in [0.15, 0.2) is 36.4 Å². The van der Waals surface area contributed by atoms with Crippen molar-refractivity contribution in [1.29, 1.82) is 0 Å². The van der Waals surface area contributed by atoms with Gasteiger partial charge in [0, 0.05) is 5.02 Å². The summed E-state index contributed by atoms with van der Waals surface area (Å²) in [4.78, 5) is 23.1. The molecule has 1 aromatic rings. The van der Waals surface area contributed by atoms with E-state index in [-0.39, 0.29) is 24.4 Å². The van der Waals surface area contributed by atoms with Crippen LogP contribution in [0.5, 0.6) is 5.75 Å². The number of ether oxygens (including phenoxy) is 2. The Hall–Kier alpha value is -2.01. The van der Waals surface area contributed by atoms with Gasteiger partial charge in [-0.25, -0.2) is 0 Å². The van der Waals surface area contributed by atoms with Gasteiger partial charge >= 0.3 is 5.97 Å². The molecular formula is C17H20ClNO4. The Morgan fingerprint density at radius 2 is 2.04 bits per heavy atom. The molecule has 23 heavy (non-hydrogen) atoms. The minimum atomic E-state index is -0.339. The Bertz CT molecular complexity index is 556. The van der Waals surface area contributed by atoms with Crippen LogP contribution < -0.4 is 10.1 Å². The van der Waals surface area contributed by atoms with Gasteiger partial charge in [-0.2, -0.15) is 0 Å². The zero-order valence-electron chi connectivity index (χ0n) is 12.8. The molecule has 0 fully saturated rings. The fraction of sp³-hybridized carbons (Fsp3) is 0.412. The molecule has 0 unspecified atom stereocenters. The first-order valence-electron chi connectivity index (χ1n) is 7.61. The molecule has 0 aromatic heterocycles. The van der Waals surface area contributed by atoms with E-state index in [9.17, 15) is 9.59 Å². The fourth-order valence-corrected chi connectivity index (χ4v) is 2.35. The largest absolute Gasteiger partial charge is 0.492 e. The number of rotatable bonds is 8. The molecule has 0 spiro atoms. The van der Waals surface area contributed by atoms with Crippen molar-refractivity contribution in [2.45, 2.75) is 19.3 Å². The van der Waals surface area contributed by atoms with Crippen molar-refractivity contribution in [3.05, 3.63) is 41.4 Å². The maximum absolute atomic E-state index is 11.6. The molecule has 1 amide bonds. The predicted octanol–water partition coefficient (Wildman–Crippen LogP) is 2.73. The Morgan fingerprint density at radius 3 is 2.74 bits per heavy atom. The summed E-state index contributed by atoms with van der Waals surface area (Å²) in [5.41, 5.74) is 0. The van der Waals surface area contributed by atoms with Crippen molar-refractivity contribution in [3.63, 3.8) is 0 Å². The molecule has 1 aliphatic carbocycles. The van der Waals surface area contributed by atoms with E-state index in [1.54, 1.807) is 24.3 Å². The van der Waals surface area contributed by atoms with Gasteiger partial charge in [0.15, 0.2) is 6.61 Å². The van der Waals surface area contributed by atoms with Crippen LogP contribution >= 0.6 is 11.6 Å². The van der Waals surface area contributed by atoms with Gasteiger partial charge in [-0.05, 0) is 43.0 Å². The molecule has 2 rings (SSSR count). The van der Waals surface area contributed by atoms with Crippen molar-refractivity contribution in [3.8, 4) is 5.75 Å². The number of carbonyl (C=O) groups is 2. The molecule has 0 bridgehead atoms. The van der Waals surface area contributed by atoms with Gasteiger partial charge in [0.05, 0.1) is 13.0 Å². The lowest BCUT2D eigenvalue weighted by molar-refractivity contribution is -0.149. The predicted molar refractivity (Wildman–Crippen MR) is 87.4 cm³/mol. The average molecular weight is 338 g/mol. The lowest BCUT2D eigenvalue weighted by atomic mass is 10.1. The van der Waals surface area contributed by atoms with E-state index in [0.29, 0.717) is 30.3 Å². The number of hydrogen-bond donors (Lipinski definition) is 1. The number of allylic oxidation sites excluding steroid dienone is 2. The van der Waals surface area contributed by atoms with Crippen LogP contribution in [-0.2, 0) is 14.3 Å². The number of halogens is 1. The molecular weight excluding hydrogens is 318 g/mol. The number of esters is 1. The van der Waals surface area contributed by atoms with Gasteiger partial charge in [0.2, 0.25) is 0 Å². The first-order chi connectivity index (χ1) is 11.1. The van der Waals surface area contributed by atoms with Gasteiger partial charge in [0.25, 0.3) is 5.91 Å². The van der Waals surface area contributed by atoms with E-state index < -0.39 is 0 Å². The maximum atomic E-state index is 11.6. The molecule has 0 aliphatic heterocycles. The third-order valence-corrected chi connectivity index (χ3v) is 3.66. The van der Waals surface area contributed by atoms with Crippen molar-refractivity contribution in [2.75, 3.05) is 19.8 Å². The highest BCUT2D eigenvalue weighted by atomic mass is 35.5. The molecule has 0 radical (unpaired) electrons. The number of benzene rings is 1. The van der Waals surface area contributed by atoms with E-state index in [2.05, 4.69) is 11.4 Å². The second-order valence-corrected chi connectivity index (χ2v) is 5.72. The second-order valence-electron chi connectivity index (χ2n) is 5.28. The van der Waals surface area contributed by atoms with Gasteiger partial charge in [-0.1, -0.05) is 23.8 Å². The van der Waals surface area contributed by atoms with Crippen LogP contribution in [0.25, 0.3) is 0 Å². The topological polar surface area (TPSA) is 64.6 Å². The normalized spacial score (nSPS) is 16.1. The Morgan fingerprint density at radius 1 is 1.26 bits per heavy atom. The van der Waals surface area contributed by atoms with Gasteiger partial charge < -0.3 is 14.8 Å². The molecule has 0 saturated heterocycles. The second kappa shape index (κ2) is 9.20. The van der Waals surface area contributed by atoms with E-state index in [1.807, 2.05) is 6.08 Å². The van der Waals surface area contributed by atoms with Crippen molar-refractivity contribution >= 4 is 23.5 Å². The zero-order valence-corrected chi connectivity index (χ0v) is 13.6. The summed E-state index contributed by atoms with van der Waals surface area (Å²) in [6.45, 7) is 0.411. The molecule has 1 atom stereocenters. The van der Waals surface area contributed by atoms with Crippen molar-refractivity contribution in [1.82, 2.24) is 5.32 Å². The smallest absolute Gasteiger partial charge is 0.306 e. The molecule has 1 N–H and O–H groups in total. The molecule has 0 heterocycles. The van der Waals surface area contributed by atoms with Crippen LogP contribution in [0.2, 0.25) is 5.02 Å². The van der Waals surface area contributed by atoms with Crippen LogP contribution in [0.3, 0.4) is 0 Å². The third-order valence-electron chi connectivity index (χ3n) is 3.41. The summed E-state index contributed by atoms with van der Waals surface area (Å²) in [6.07, 6.45) is 6.40. The molecule has 0 saturated carbocycles. The number of carbonyl (C=O) groups excluding carboxylic acids is 2. The van der Waals surface area contributed by atoms with Crippen molar-refractivity contribution in [2.24, 2.45) is 5.92 Å². The minimum Gasteiger partial charge on any atom is -0.492 e. The Kier molecular flexibility index (Phi) is 6.94. The standard InChI is InChI=1S/C17H20ClNO4/c18-14-5-7-15(8-6-14)22-10-9-19-16(20)12-23-17(21)11-13-3-1-2-4-13/h1,3,5-8,13H,2,4,9-12H2,(H,19,20)/t13-/m1/s1. The van der Waals surface area contributed by atoms with Gasteiger partial charge in [0.1, 0.15) is 12.4 Å². The molecule has 5 nitrogen and oxygen atoms in total. The summed E-state index contributed by atoms with van der Waals surface area (Å²) in [5, 5.41) is 3.27. The first kappa shape index (κ1) is 17.3. The van der Waals surface area contributed by atoms with E-state index in [0.717, 1.165) is 12.8 Å². The van der Waals surface area contributed by atoms with E-state index in [1.165, 1.54) is 0 Å². The highest BCUT2D eigenvalue weighted by Crippen LogP contribution is 2.20. The summed E-state index contributed by atoms with van der Waals surface area (Å²) in [7, 11) is 0. The van der Waals surface area contributed by atoms with Crippen LogP contribution in [0.1, 0.15) is 19.3 Å². The molecule has 6 heteroatoms. The van der Waals surface area contributed by atoms with Crippen LogP contribution in [-0.4, -0.2) is 31.6 Å². The lowest BCUT2D eigenvalue weighted by Crippen LogP contribution is -2.32. The third kappa shape index (κ3) is 6.74. The molecule has 1 aromatic carbocycles. The quantitative estimate of drug-likeness (QED) is 0.450. The Labute approximate surface area is 140 Å². The maximum Gasteiger partial charge on any atom is 0.306 e. The number of nitrogens with one attached hydrogen (secondary N) is 1. The zero-order chi connectivity index (χ0) is 16.5. The highest BCUT2D eigenvalue weighted by Gasteiger charge is 2.15. The van der Waals surface area contributed by atoms with Crippen LogP contribution in [0.4, 0.5) is 0 Å². The van der Waals surface area contributed by atoms with E-state index >= 15 is 0 Å². The molecule has 124 valence electrons. The first-order valence-corrected chi connectivity index (χ1v) is 7.98. The summed E-state index contributed by atoms with van der Waals surface area (Å²) >= 11 is 5.77. The number of hydrogen-bond acceptors (Lipinski definition) is 4. The van der Waals surface area contributed by atoms with Gasteiger partial charge in [-0.15, -0.1) is 0 Å². The van der Waals surface area contributed by atoms with Crippen molar-refractivity contribution < 1.29 is 19.1 Å². The average Bonchev–Trinajstić information content (AvgIpc) is 3.04. The van der Waals surface area contributed by atoms with Crippen LogP contribution in [0, 0.1) is 5.92 Å². The monoisotopic (exact) mass is 337 g/mol. The highest BCUT2D eigenvalue weighted by molar-refractivity contribution is 6.30. The number of amides is 1. The van der Waals surface area contributed by atoms with E-state index in [4.69, 9.17) is 21.1 Å². The summed E-state index contributed by atoms with van der Waals surface area (Å²) in [5.74, 6) is 0.257. The fourth-order valence-electron chi connectivity index (χ4n) is 2.23. The minimum absolute atomic E-state index is 0.248. The SMILES string of the molecule is O=C(COC(=O)C[C@@H]1C=CCC1)NCCOc1ccc(Cl)cc1. The molecule has 1 aliphatic rings. The summed E-state index contributed by atoms with van der Waals surface area (Å²) < 4.78 is 10.4. The van der Waals surface area contributed by atoms with Gasteiger partial charge in [-0.3, -0.25) is 9.59 Å².